The summed E-state index contributed by atoms with van der Waals surface area (Å²) in [4.78, 5) is 21.1. The maximum Gasteiger partial charge on any atom is 0.482 e. The van der Waals surface area contributed by atoms with Crippen molar-refractivity contribution >= 4 is 18.6 Å². The highest BCUT2D eigenvalue weighted by Crippen LogP contribution is 2.27. The van der Waals surface area contributed by atoms with Gasteiger partial charge in [-0.05, 0) is 0 Å². The van der Waals surface area contributed by atoms with Gasteiger partial charge in [0.1, 0.15) is 5.56 Å². The average molecular weight is 262 g/mol. The Kier molecular flexibility index (Phi) is 3.94. The number of methoxy groups -OCH3 is 1. The van der Waals surface area contributed by atoms with E-state index in [0.29, 0.717) is 0 Å². The Morgan fingerprint density at radius 2 is 2.06 bits per heavy atom. The SMILES string of the molecule is COC(=O)c1c(C[B-](F)(F)F)cccc1[N+](=O)[O-]. The van der Waals surface area contributed by atoms with Crippen molar-refractivity contribution in [3.8, 4) is 0 Å². The Bertz CT molecular complexity index is 489. The lowest BCUT2D eigenvalue weighted by atomic mass is 9.80. The molecule has 0 spiro atoms. The number of carbonyl (C=O) groups is 1. The summed E-state index contributed by atoms with van der Waals surface area (Å²) >= 11 is 0. The number of hydrogen-bond donors (Lipinski definition) is 0. The molecule has 0 bridgehead atoms. The molecule has 0 N–H and O–H groups in total. The Morgan fingerprint density at radius 1 is 1.44 bits per heavy atom. The first-order chi connectivity index (χ1) is 8.26. The van der Waals surface area contributed by atoms with Gasteiger partial charge in [0.2, 0.25) is 0 Å². The number of nitro groups is 1. The second-order valence-electron chi connectivity index (χ2n) is 3.47. The van der Waals surface area contributed by atoms with Gasteiger partial charge in [-0.3, -0.25) is 10.1 Å². The fraction of sp³-hybridized carbons (Fsp3) is 0.222. The fourth-order valence-electron chi connectivity index (χ4n) is 1.50. The number of nitro benzene ring substituents is 1. The summed E-state index contributed by atoms with van der Waals surface area (Å²) in [6.45, 7) is -5.20. The first-order valence-electron chi connectivity index (χ1n) is 4.82. The van der Waals surface area contributed by atoms with Crippen molar-refractivity contribution in [2.45, 2.75) is 6.32 Å². The quantitative estimate of drug-likeness (QED) is 0.361. The van der Waals surface area contributed by atoms with E-state index in [-0.39, 0.29) is 0 Å². The van der Waals surface area contributed by atoms with Gasteiger partial charge >= 0.3 is 12.9 Å². The number of ether oxygens (including phenoxy) is 1. The zero-order valence-electron chi connectivity index (χ0n) is 9.23. The van der Waals surface area contributed by atoms with E-state index < -0.39 is 41.0 Å². The summed E-state index contributed by atoms with van der Waals surface area (Å²) < 4.78 is 41.4. The van der Waals surface area contributed by atoms with Crippen LogP contribution in [0, 0.1) is 10.1 Å². The molecular weight excluding hydrogens is 254 g/mol. The predicted octanol–water partition coefficient (Wildman–Crippen LogP) is 2.31. The molecule has 9 heteroatoms. The summed E-state index contributed by atoms with van der Waals surface area (Å²) in [5.74, 6) is -1.16. The minimum Gasteiger partial charge on any atom is -0.465 e. The molecule has 0 saturated heterocycles. The molecule has 0 aliphatic heterocycles. The molecule has 0 aliphatic carbocycles. The van der Waals surface area contributed by atoms with E-state index in [1.165, 1.54) is 0 Å². The number of benzene rings is 1. The molecule has 1 aromatic carbocycles. The maximum absolute atomic E-state index is 12.4. The molecule has 1 aromatic rings. The molecular formula is C9H8BF3NO4-. The van der Waals surface area contributed by atoms with Crippen LogP contribution in [0.2, 0.25) is 0 Å². The molecule has 0 atom stereocenters. The standard InChI is InChI=1S/C9H8BF3NO4/c1-18-9(15)8-6(5-10(11,12)13)3-2-4-7(8)14(16)17/h2-4H,5H2,1H3/q-1. The Hall–Kier alpha value is -2.06. The lowest BCUT2D eigenvalue weighted by Gasteiger charge is -2.15. The lowest BCUT2D eigenvalue weighted by molar-refractivity contribution is -0.385. The van der Waals surface area contributed by atoms with Crippen LogP contribution in [0.4, 0.5) is 18.6 Å². The molecule has 0 heterocycles. The minimum atomic E-state index is -5.20. The van der Waals surface area contributed by atoms with E-state index in [1.54, 1.807) is 0 Å². The van der Waals surface area contributed by atoms with Gasteiger partial charge < -0.3 is 17.7 Å². The molecule has 0 fully saturated rings. The number of halogens is 3. The lowest BCUT2D eigenvalue weighted by Crippen LogP contribution is -2.22. The molecule has 0 aliphatic rings. The summed E-state index contributed by atoms with van der Waals surface area (Å²) in [6.07, 6.45) is -1.37. The topological polar surface area (TPSA) is 69.4 Å². The van der Waals surface area contributed by atoms with Crippen LogP contribution in [0.3, 0.4) is 0 Å². The van der Waals surface area contributed by atoms with Crippen LogP contribution < -0.4 is 0 Å². The highest BCUT2D eigenvalue weighted by atomic mass is 19.4. The van der Waals surface area contributed by atoms with E-state index in [4.69, 9.17) is 0 Å². The maximum atomic E-state index is 12.4. The van der Waals surface area contributed by atoms with Gasteiger partial charge in [-0.1, -0.05) is 24.0 Å². The normalized spacial score (nSPS) is 11.1. The van der Waals surface area contributed by atoms with E-state index in [2.05, 4.69) is 4.74 Å². The van der Waals surface area contributed by atoms with Crippen molar-refractivity contribution < 1.29 is 27.4 Å². The number of rotatable bonds is 4. The van der Waals surface area contributed by atoms with E-state index >= 15 is 0 Å². The largest absolute Gasteiger partial charge is 0.482 e. The second kappa shape index (κ2) is 5.07. The molecule has 0 aromatic heterocycles. The third-order valence-electron chi connectivity index (χ3n) is 2.17. The second-order valence-corrected chi connectivity index (χ2v) is 3.47. The smallest absolute Gasteiger partial charge is 0.465 e. The van der Waals surface area contributed by atoms with E-state index in [0.717, 1.165) is 25.3 Å². The number of hydrogen-bond acceptors (Lipinski definition) is 4. The van der Waals surface area contributed by atoms with Crippen LogP contribution in [-0.2, 0) is 11.1 Å². The fourth-order valence-corrected chi connectivity index (χ4v) is 1.50. The zero-order chi connectivity index (χ0) is 13.9. The third kappa shape index (κ3) is 3.22. The highest BCUT2D eigenvalue weighted by Gasteiger charge is 2.30. The molecule has 98 valence electrons. The van der Waals surface area contributed by atoms with Gasteiger partial charge in [0.25, 0.3) is 5.69 Å². The number of carbonyl (C=O) groups excluding carboxylic acids is 1. The molecule has 5 nitrogen and oxygen atoms in total. The molecule has 0 saturated carbocycles. The summed E-state index contributed by atoms with van der Waals surface area (Å²) in [6, 6.07) is 3.08. The van der Waals surface area contributed by atoms with Gasteiger partial charge in [-0.25, -0.2) is 4.79 Å². The van der Waals surface area contributed by atoms with Crippen LogP contribution in [0.5, 0.6) is 0 Å². The molecule has 0 amide bonds. The van der Waals surface area contributed by atoms with Crippen LogP contribution in [-0.4, -0.2) is 25.0 Å². The molecule has 0 radical (unpaired) electrons. The van der Waals surface area contributed by atoms with Crippen molar-refractivity contribution in [2.24, 2.45) is 0 Å². The van der Waals surface area contributed by atoms with E-state index in [9.17, 15) is 27.9 Å². The summed E-state index contributed by atoms with van der Waals surface area (Å²) in [7, 11) is 0.946. The van der Waals surface area contributed by atoms with Gasteiger partial charge in [0.05, 0.1) is 12.0 Å². The van der Waals surface area contributed by atoms with Crippen LogP contribution in [0.1, 0.15) is 15.9 Å². The Morgan fingerprint density at radius 3 is 2.50 bits per heavy atom. The number of esters is 1. The zero-order valence-corrected chi connectivity index (χ0v) is 9.23. The summed E-state index contributed by atoms with van der Waals surface area (Å²) in [5, 5.41) is 10.7. The Balaban J connectivity index is 3.37. The molecule has 18 heavy (non-hydrogen) atoms. The van der Waals surface area contributed by atoms with Gasteiger partial charge in [0.15, 0.2) is 0 Å². The monoisotopic (exact) mass is 262 g/mol. The highest BCUT2D eigenvalue weighted by molar-refractivity contribution is 6.58. The van der Waals surface area contributed by atoms with Gasteiger partial charge in [-0.2, -0.15) is 0 Å². The van der Waals surface area contributed by atoms with Crippen molar-refractivity contribution in [1.82, 2.24) is 0 Å². The number of nitrogens with zero attached hydrogens (tertiary/aromatic N) is 1. The first kappa shape index (κ1) is 14.0. The van der Waals surface area contributed by atoms with Crippen LogP contribution >= 0.6 is 0 Å². The average Bonchev–Trinajstić information content (AvgIpc) is 2.25. The van der Waals surface area contributed by atoms with Crippen LogP contribution in [0.25, 0.3) is 0 Å². The minimum absolute atomic E-state index is 0.455. The van der Waals surface area contributed by atoms with Crippen LogP contribution in [0.15, 0.2) is 18.2 Å². The molecule has 1 rings (SSSR count). The predicted molar refractivity (Wildman–Crippen MR) is 57.2 cm³/mol. The van der Waals surface area contributed by atoms with Crippen molar-refractivity contribution in [2.75, 3.05) is 7.11 Å². The van der Waals surface area contributed by atoms with Gasteiger partial charge in [0, 0.05) is 6.07 Å². The third-order valence-corrected chi connectivity index (χ3v) is 2.17. The molecule has 0 unspecified atom stereocenters. The first-order valence-corrected chi connectivity index (χ1v) is 4.82. The van der Waals surface area contributed by atoms with Crippen molar-refractivity contribution in [3.63, 3.8) is 0 Å². The summed E-state index contributed by atoms with van der Waals surface area (Å²) in [5.41, 5.74) is -1.80. The Labute approximate surface area is 99.8 Å². The van der Waals surface area contributed by atoms with Gasteiger partial charge in [-0.15, -0.1) is 0 Å². The van der Waals surface area contributed by atoms with E-state index in [1.807, 2.05) is 0 Å². The van der Waals surface area contributed by atoms with Crippen molar-refractivity contribution in [1.29, 1.82) is 0 Å². The van der Waals surface area contributed by atoms with Crippen molar-refractivity contribution in [3.05, 3.63) is 39.4 Å².